The highest BCUT2D eigenvalue weighted by Gasteiger charge is 2.70. The first-order valence-electron chi connectivity index (χ1n) is 13.5. The molecule has 0 atom stereocenters. The van der Waals surface area contributed by atoms with Crippen LogP contribution in [0.3, 0.4) is 0 Å². The van der Waals surface area contributed by atoms with Gasteiger partial charge in [0.05, 0.1) is 0 Å². The molecule has 6 fully saturated rings. The Bertz CT molecular complexity index is 1160. The summed E-state index contributed by atoms with van der Waals surface area (Å²) in [7, 11) is -1.69. The summed E-state index contributed by atoms with van der Waals surface area (Å²) in [6.45, 7) is 6.40. The summed E-state index contributed by atoms with van der Waals surface area (Å²) >= 11 is 0. The van der Waals surface area contributed by atoms with Crippen molar-refractivity contribution in [2.24, 2.45) is 5.14 Å². The number of nitrogens with one attached hydrogen (secondary N) is 2. The Balaban J connectivity index is 1.06. The molecule has 0 unspecified atom stereocenters. The number of nitrogens with zero attached hydrogens (tertiary/aromatic N) is 5. The van der Waals surface area contributed by atoms with Gasteiger partial charge in [-0.15, -0.1) is 0 Å². The maximum atomic E-state index is 13.6. The Morgan fingerprint density at radius 2 is 1.71 bits per heavy atom. The van der Waals surface area contributed by atoms with Crippen molar-refractivity contribution in [2.45, 2.75) is 73.0 Å². The van der Waals surface area contributed by atoms with E-state index < -0.39 is 32.3 Å². The van der Waals surface area contributed by atoms with Crippen molar-refractivity contribution in [3.8, 4) is 0 Å². The van der Waals surface area contributed by atoms with E-state index in [0.717, 1.165) is 51.6 Å². The number of primary sulfonamides is 1. The molecule has 0 aromatic carbocycles. The maximum absolute atomic E-state index is 13.6. The van der Waals surface area contributed by atoms with Gasteiger partial charge in [0.25, 0.3) is 0 Å². The van der Waals surface area contributed by atoms with Crippen molar-refractivity contribution in [1.82, 2.24) is 24.7 Å². The second-order valence-corrected chi connectivity index (χ2v) is 14.2. The van der Waals surface area contributed by atoms with Crippen LogP contribution in [0.25, 0.3) is 0 Å². The van der Waals surface area contributed by atoms with Crippen LogP contribution in [0, 0.1) is 0 Å². The average molecular weight is 559 g/mol. The number of piperidine rings is 1. The van der Waals surface area contributed by atoms with E-state index in [0.29, 0.717) is 18.9 Å². The molecule has 3 heterocycles. The number of likely N-dealkylation sites (tertiary alicyclic amines) is 1. The van der Waals surface area contributed by atoms with Gasteiger partial charge in [0.1, 0.15) is 16.1 Å². The van der Waals surface area contributed by atoms with E-state index in [9.17, 15) is 21.6 Å². The Hall–Kier alpha value is -1.74. The number of rotatable bonds is 8. The van der Waals surface area contributed by atoms with Gasteiger partial charge in [-0.1, -0.05) is 0 Å². The van der Waals surface area contributed by atoms with E-state index in [2.05, 4.69) is 42.3 Å². The summed E-state index contributed by atoms with van der Waals surface area (Å²) in [6, 6.07) is 0.689. The smallest absolute Gasteiger partial charge is 0.368 e. The second kappa shape index (κ2) is 8.88. The third-order valence-electron chi connectivity index (χ3n) is 9.65. The van der Waals surface area contributed by atoms with Crippen molar-refractivity contribution in [3.63, 3.8) is 0 Å². The van der Waals surface area contributed by atoms with Crippen LogP contribution in [0.2, 0.25) is 0 Å². The molecular formula is C24H37F3N8O2S. The molecule has 2 aliphatic heterocycles. The molecule has 4 aliphatic carbocycles. The molecule has 10 nitrogen and oxygen atoms in total. The van der Waals surface area contributed by atoms with Gasteiger partial charge in [-0.25, -0.2) is 18.5 Å². The van der Waals surface area contributed by atoms with Crippen LogP contribution in [-0.2, 0) is 16.2 Å². The lowest BCUT2D eigenvalue weighted by Crippen LogP contribution is -2.82. The Morgan fingerprint density at radius 1 is 1.08 bits per heavy atom. The van der Waals surface area contributed by atoms with Gasteiger partial charge in [-0.3, -0.25) is 9.80 Å². The number of piperazine rings is 1. The van der Waals surface area contributed by atoms with Crippen LogP contribution in [0.15, 0.2) is 6.20 Å². The normalized spacial score (nSPS) is 32.3. The molecule has 4 N–H and O–H groups in total. The van der Waals surface area contributed by atoms with Crippen molar-refractivity contribution < 1.29 is 21.6 Å². The first-order valence-corrected chi connectivity index (χ1v) is 15.0. The Morgan fingerprint density at radius 3 is 2.26 bits per heavy atom. The summed E-state index contributed by atoms with van der Waals surface area (Å²) in [4.78, 5) is 15.7. The van der Waals surface area contributed by atoms with Gasteiger partial charge in [0, 0.05) is 56.0 Å². The molecule has 1 aromatic heterocycles. The average Bonchev–Trinajstić information content (AvgIpc) is 3.61. The minimum absolute atomic E-state index is 0.126. The van der Waals surface area contributed by atoms with E-state index >= 15 is 0 Å². The molecular weight excluding hydrogens is 521 g/mol. The first-order chi connectivity index (χ1) is 17.8. The van der Waals surface area contributed by atoms with Crippen LogP contribution >= 0.6 is 0 Å². The Labute approximate surface area is 221 Å². The van der Waals surface area contributed by atoms with Crippen LogP contribution < -0.4 is 15.8 Å². The lowest BCUT2D eigenvalue weighted by molar-refractivity contribution is -0.164. The molecule has 0 amide bonds. The third kappa shape index (κ3) is 4.65. The van der Waals surface area contributed by atoms with Gasteiger partial charge >= 0.3 is 6.18 Å². The zero-order valence-corrected chi connectivity index (χ0v) is 22.5. The number of anilines is 2. The van der Waals surface area contributed by atoms with Gasteiger partial charge in [-0.2, -0.15) is 18.2 Å². The fourth-order valence-electron chi connectivity index (χ4n) is 7.09. The number of hydrogen-bond donors (Lipinski definition) is 3. The Kier molecular flexibility index (Phi) is 6.19. The van der Waals surface area contributed by atoms with Gasteiger partial charge < -0.3 is 15.5 Å². The SMILES string of the molecule is CN1CCC(N2CCN(C34CC(Nc5ncc(C(F)(F)F)c(NCC6(S(N)(=O)=O)CC6)n5)(C3)C4)CC2)CC1. The van der Waals surface area contributed by atoms with Crippen LogP contribution in [-0.4, -0.2) is 108 Å². The number of hydrogen-bond acceptors (Lipinski definition) is 9. The standard InChI is InChI=1S/C24H37F3N8O2S/c1-33-6-2-17(3-7-33)34-8-10-35(11-9-34)22-13-21(14-22,15-22)32-20-29-12-18(24(25,26)27)19(31-20)30-16-23(4-5-23)38(28,36)37/h12,17H,2-11,13-16H2,1H3,(H2,28,36,37)(H2,29,30,31,32). The summed E-state index contributed by atoms with van der Waals surface area (Å²) < 4.78 is 63.3. The van der Waals surface area contributed by atoms with Crippen molar-refractivity contribution in [2.75, 3.05) is 63.5 Å². The molecule has 2 bridgehead atoms. The zero-order valence-electron chi connectivity index (χ0n) is 21.7. The van der Waals surface area contributed by atoms with E-state index in [4.69, 9.17) is 5.14 Å². The molecule has 6 aliphatic rings. The minimum Gasteiger partial charge on any atom is -0.368 e. The highest BCUT2D eigenvalue weighted by Crippen LogP contribution is 2.64. The van der Waals surface area contributed by atoms with E-state index in [1.807, 2.05) is 0 Å². The monoisotopic (exact) mass is 558 g/mol. The number of sulfonamides is 1. The molecule has 1 aromatic rings. The van der Waals surface area contributed by atoms with Gasteiger partial charge in [0.2, 0.25) is 16.0 Å². The van der Waals surface area contributed by atoms with Crippen molar-refractivity contribution in [1.29, 1.82) is 0 Å². The third-order valence-corrected chi connectivity index (χ3v) is 11.4. The number of halogens is 3. The van der Waals surface area contributed by atoms with Crippen LogP contribution in [0.4, 0.5) is 24.9 Å². The van der Waals surface area contributed by atoms with Crippen molar-refractivity contribution in [3.05, 3.63) is 11.8 Å². The maximum Gasteiger partial charge on any atom is 0.421 e. The lowest BCUT2D eigenvalue weighted by Gasteiger charge is -2.74. The molecule has 212 valence electrons. The van der Waals surface area contributed by atoms with E-state index in [1.165, 1.54) is 25.9 Å². The molecule has 0 radical (unpaired) electrons. The van der Waals surface area contributed by atoms with Crippen LogP contribution in [0.1, 0.15) is 50.5 Å². The molecule has 2 saturated heterocycles. The summed E-state index contributed by atoms with van der Waals surface area (Å²) in [5.41, 5.74) is -1.04. The molecule has 7 rings (SSSR count). The summed E-state index contributed by atoms with van der Waals surface area (Å²) in [5, 5.41) is 11.2. The summed E-state index contributed by atoms with van der Waals surface area (Å²) in [5.74, 6) is -0.294. The number of alkyl halides is 3. The number of nitrogens with two attached hydrogens (primary N) is 1. The minimum atomic E-state index is -4.67. The fourth-order valence-corrected chi connectivity index (χ4v) is 8.04. The largest absolute Gasteiger partial charge is 0.421 e. The highest BCUT2D eigenvalue weighted by atomic mass is 32.2. The highest BCUT2D eigenvalue weighted by molar-refractivity contribution is 7.90. The van der Waals surface area contributed by atoms with Gasteiger partial charge in [0.15, 0.2) is 0 Å². The topological polar surface area (TPSA) is 120 Å². The lowest BCUT2D eigenvalue weighted by atomic mass is 9.43. The van der Waals surface area contributed by atoms with E-state index in [1.54, 1.807) is 0 Å². The zero-order chi connectivity index (χ0) is 27.0. The van der Waals surface area contributed by atoms with Crippen molar-refractivity contribution >= 4 is 21.8 Å². The fraction of sp³-hybridized carbons (Fsp3) is 0.833. The second-order valence-electron chi connectivity index (χ2n) is 12.3. The molecule has 14 heteroatoms. The molecule has 0 spiro atoms. The first kappa shape index (κ1) is 26.5. The van der Waals surface area contributed by atoms with Gasteiger partial charge in [-0.05, 0) is 65.1 Å². The number of aromatic nitrogens is 2. The molecule has 38 heavy (non-hydrogen) atoms. The van der Waals surface area contributed by atoms with Crippen LogP contribution in [0.5, 0.6) is 0 Å². The summed E-state index contributed by atoms with van der Waals surface area (Å²) in [6.07, 6.45) is 1.97. The predicted octanol–water partition coefficient (Wildman–Crippen LogP) is 1.53. The predicted molar refractivity (Wildman–Crippen MR) is 137 cm³/mol. The molecule has 4 saturated carbocycles. The quantitative estimate of drug-likeness (QED) is 0.436. The van der Waals surface area contributed by atoms with E-state index in [-0.39, 0.29) is 23.6 Å².